The van der Waals surface area contributed by atoms with Crippen LogP contribution in [0.3, 0.4) is 0 Å². The first kappa shape index (κ1) is 18.7. The van der Waals surface area contributed by atoms with E-state index in [-0.39, 0.29) is 5.91 Å². The minimum Gasteiger partial charge on any atom is -0.496 e. The van der Waals surface area contributed by atoms with Gasteiger partial charge in [0.1, 0.15) is 5.75 Å². The lowest BCUT2D eigenvalue weighted by atomic mass is 10.00. The van der Waals surface area contributed by atoms with Gasteiger partial charge in [-0.1, -0.05) is 36.5 Å². The highest BCUT2D eigenvalue weighted by molar-refractivity contribution is 7.22. The van der Waals surface area contributed by atoms with Crippen LogP contribution in [0, 0.1) is 5.92 Å². The summed E-state index contributed by atoms with van der Waals surface area (Å²) >= 11 is 1.67. The van der Waals surface area contributed by atoms with Gasteiger partial charge in [0, 0.05) is 30.8 Å². The molecule has 28 heavy (non-hydrogen) atoms. The maximum atomic E-state index is 12.6. The standard InChI is InChI=1S/C22H25N3O2S/c1-15-9-11-25(12-10-15)22-24-18-8-7-16(13-20(18)28-22)21(26)23-14-17-5-3-4-6-19(17)27-2/h3-8,13,15H,9-12,14H2,1-2H3,(H,23,26). The van der Waals surface area contributed by atoms with Crippen LogP contribution in [-0.2, 0) is 6.54 Å². The Labute approximate surface area is 169 Å². The zero-order valence-electron chi connectivity index (χ0n) is 16.3. The lowest BCUT2D eigenvalue weighted by Crippen LogP contribution is -2.32. The average Bonchev–Trinajstić information content (AvgIpc) is 3.16. The van der Waals surface area contributed by atoms with Crippen LogP contribution >= 0.6 is 11.3 Å². The van der Waals surface area contributed by atoms with E-state index in [4.69, 9.17) is 9.72 Å². The molecule has 0 bridgehead atoms. The molecule has 0 unspecified atom stereocenters. The molecule has 1 amide bonds. The summed E-state index contributed by atoms with van der Waals surface area (Å²) in [4.78, 5) is 19.8. The Balaban J connectivity index is 1.47. The van der Waals surface area contributed by atoms with Gasteiger partial charge in [-0.3, -0.25) is 4.79 Å². The largest absolute Gasteiger partial charge is 0.496 e. The number of para-hydroxylation sites is 1. The molecule has 0 spiro atoms. The quantitative estimate of drug-likeness (QED) is 0.692. The number of thiazole rings is 1. The molecule has 0 saturated carbocycles. The molecular formula is C22H25N3O2S. The molecule has 0 aliphatic carbocycles. The van der Waals surface area contributed by atoms with Crippen molar-refractivity contribution < 1.29 is 9.53 Å². The summed E-state index contributed by atoms with van der Waals surface area (Å²) in [6.45, 7) is 4.87. The third-order valence-corrected chi connectivity index (χ3v) is 6.40. The van der Waals surface area contributed by atoms with Gasteiger partial charge in [0.2, 0.25) is 0 Å². The van der Waals surface area contributed by atoms with Gasteiger partial charge in [0.25, 0.3) is 5.91 Å². The Hall–Kier alpha value is -2.60. The monoisotopic (exact) mass is 395 g/mol. The number of hydrogen-bond acceptors (Lipinski definition) is 5. The summed E-state index contributed by atoms with van der Waals surface area (Å²) in [5.74, 6) is 1.49. The number of rotatable bonds is 5. The van der Waals surface area contributed by atoms with Gasteiger partial charge in [0.05, 0.1) is 17.3 Å². The second kappa shape index (κ2) is 8.19. The molecule has 6 heteroatoms. The Kier molecular flexibility index (Phi) is 5.48. The number of piperidine rings is 1. The van der Waals surface area contributed by atoms with Crippen molar-refractivity contribution in [2.45, 2.75) is 26.3 Å². The molecule has 0 radical (unpaired) electrons. The molecule has 5 nitrogen and oxygen atoms in total. The summed E-state index contributed by atoms with van der Waals surface area (Å²) in [6, 6.07) is 13.5. The van der Waals surface area contributed by atoms with Crippen molar-refractivity contribution in [3.8, 4) is 5.75 Å². The number of benzene rings is 2. The van der Waals surface area contributed by atoms with Crippen molar-refractivity contribution in [3.05, 3.63) is 53.6 Å². The second-order valence-corrected chi connectivity index (χ2v) is 8.35. The van der Waals surface area contributed by atoms with Gasteiger partial charge < -0.3 is 15.0 Å². The van der Waals surface area contributed by atoms with Crippen LogP contribution in [0.25, 0.3) is 10.2 Å². The zero-order valence-corrected chi connectivity index (χ0v) is 17.1. The molecule has 0 atom stereocenters. The summed E-state index contributed by atoms with van der Waals surface area (Å²) in [5, 5.41) is 4.05. The lowest BCUT2D eigenvalue weighted by Gasteiger charge is -2.29. The fraction of sp³-hybridized carbons (Fsp3) is 0.364. The van der Waals surface area contributed by atoms with Crippen molar-refractivity contribution in [1.29, 1.82) is 0 Å². The number of hydrogen-bond donors (Lipinski definition) is 1. The number of nitrogens with zero attached hydrogens (tertiary/aromatic N) is 2. The molecule has 3 aromatic rings. The maximum absolute atomic E-state index is 12.6. The number of carbonyl (C=O) groups excluding carboxylic acids is 1. The van der Waals surface area contributed by atoms with Crippen LogP contribution in [0.4, 0.5) is 5.13 Å². The molecular weight excluding hydrogens is 370 g/mol. The number of amides is 1. The van der Waals surface area contributed by atoms with Crippen molar-refractivity contribution in [2.75, 3.05) is 25.1 Å². The van der Waals surface area contributed by atoms with Gasteiger partial charge in [-0.15, -0.1) is 0 Å². The van der Waals surface area contributed by atoms with Crippen molar-refractivity contribution in [3.63, 3.8) is 0 Å². The van der Waals surface area contributed by atoms with E-state index in [2.05, 4.69) is 17.1 Å². The molecule has 2 heterocycles. The first-order valence-electron chi connectivity index (χ1n) is 9.69. The van der Waals surface area contributed by atoms with Gasteiger partial charge in [-0.05, 0) is 43.0 Å². The number of anilines is 1. The van der Waals surface area contributed by atoms with E-state index in [1.807, 2.05) is 42.5 Å². The summed E-state index contributed by atoms with van der Waals surface area (Å²) in [6.07, 6.45) is 2.43. The fourth-order valence-corrected chi connectivity index (χ4v) is 4.57. The van der Waals surface area contributed by atoms with Crippen LogP contribution in [0.1, 0.15) is 35.7 Å². The number of aromatic nitrogens is 1. The van der Waals surface area contributed by atoms with Crippen molar-refractivity contribution in [1.82, 2.24) is 10.3 Å². The molecule has 1 fully saturated rings. The minimum atomic E-state index is -0.0884. The van der Waals surface area contributed by atoms with E-state index in [1.54, 1.807) is 18.4 Å². The van der Waals surface area contributed by atoms with Crippen LogP contribution < -0.4 is 15.0 Å². The first-order valence-corrected chi connectivity index (χ1v) is 10.5. The number of nitrogens with one attached hydrogen (secondary N) is 1. The van der Waals surface area contributed by atoms with Crippen LogP contribution in [0.15, 0.2) is 42.5 Å². The zero-order chi connectivity index (χ0) is 19.5. The SMILES string of the molecule is COc1ccccc1CNC(=O)c1ccc2nc(N3CCC(C)CC3)sc2c1. The molecule has 1 aliphatic heterocycles. The molecule has 146 valence electrons. The minimum absolute atomic E-state index is 0.0884. The molecule has 4 rings (SSSR count). The van der Waals surface area contributed by atoms with Crippen molar-refractivity contribution >= 4 is 32.6 Å². The summed E-state index contributed by atoms with van der Waals surface area (Å²) in [5.41, 5.74) is 2.57. The van der Waals surface area contributed by atoms with E-state index in [1.165, 1.54) is 12.8 Å². The predicted octanol–water partition coefficient (Wildman–Crippen LogP) is 4.47. The van der Waals surface area contributed by atoms with Gasteiger partial charge in [0.15, 0.2) is 5.13 Å². The molecule has 1 saturated heterocycles. The van der Waals surface area contributed by atoms with E-state index >= 15 is 0 Å². The number of carbonyl (C=O) groups is 1. The normalized spacial score (nSPS) is 15.0. The fourth-order valence-electron chi connectivity index (χ4n) is 3.52. The Morgan fingerprint density at radius 3 is 2.82 bits per heavy atom. The van der Waals surface area contributed by atoms with Crippen molar-refractivity contribution in [2.24, 2.45) is 5.92 Å². The van der Waals surface area contributed by atoms with E-state index in [0.717, 1.165) is 45.7 Å². The third kappa shape index (κ3) is 3.97. The number of ether oxygens (including phenoxy) is 1. The molecule has 1 aromatic heterocycles. The Morgan fingerprint density at radius 1 is 1.25 bits per heavy atom. The Morgan fingerprint density at radius 2 is 2.04 bits per heavy atom. The number of fused-ring (bicyclic) bond motifs is 1. The summed E-state index contributed by atoms with van der Waals surface area (Å²) < 4.78 is 6.40. The van der Waals surface area contributed by atoms with Gasteiger partial charge in [-0.25, -0.2) is 4.98 Å². The highest BCUT2D eigenvalue weighted by atomic mass is 32.1. The van der Waals surface area contributed by atoms with Gasteiger partial charge in [-0.2, -0.15) is 0 Å². The predicted molar refractivity (Wildman–Crippen MR) is 114 cm³/mol. The van der Waals surface area contributed by atoms with Crippen LogP contribution in [-0.4, -0.2) is 31.1 Å². The van der Waals surface area contributed by atoms with Gasteiger partial charge >= 0.3 is 0 Å². The average molecular weight is 396 g/mol. The third-order valence-electron chi connectivity index (χ3n) is 5.33. The highest BCUT2D eigenvalue weighted by Gasteiger charge is 2.19. The molecule has 1 N–H and O–H groups in total. The van der Waals surface area contributed by atoms with Crippen LogP contribution in [0.5, 0.6) is 5.75 Å². The smallest absolute Gasteiger partial charge is 0.251 e. The maximum Gasteiger partial charge on any atom is 0.251 e. The number of methoxy groups -OCH3 is 1. The topological polar surface area (TPSA) is 54.5 Å². The highest BCUT2D eigenvalue weighted by Crippen LogP contribution is 2.32. The molecule has 1 aliphatic rings. The Bertz CT molecular complexity index is 977. The first-order chi connectivity index (χ1) is 13.6. The van der Waals surface area contributed by atoms with Crippen LogP contribution in [0.2, 0.25) is 0 Å². The lowest BCUT2D eigenvalue weighted by molar-refractivity contribution is 0.0951. The van der Waals surface area contributed by atoms with E-state index in [9.17, 15) is 4.79 Å². The van der Waals surface area contributed by atoms with E-state index < -0.39 is 0 Å². The second-order valence-electron chi connectivity index (χ2n) is 7.34. The molecule has 2 aromatic carbocycles. The summed E-state index contributed by atoms with van der Waals surface area (Å²) in [7, 11) is 1.64. The van der Waals surface area contributed by atoms with E-state index in [0.29, 0.717) is 12.1 Å².